The summed E-state index contributed by atoms with van der Waals surface area (Å²) in [5, 5.41) is 1.43. The standard InChI is InChI=1S/C20H28O3S.Na/c1-2-3-4-5-6-7-8-9-12-17-13-10-15-19-18(17)14-11-16-20(19)24(21,22)23;/h10-11,13-16H,2-9,12H2,1H3,(H,21,22,23);/q;+1/p-1. The maximum Gasteiger partial charge on any atom is 1.00 e. The van der Waals surface area contributed by atoms with Crippen LogP contribution in [0.3, 0.4) is 0 Å². The van der Waals surface area contributed by atoms with Crippen molar-refractivity contribution in [3.05, 3.63) is 42.0 Å². The van der Waals surface area contributed by atoms with Crippen molar-refractivity contribution in [2.45, 2.75) is 69.6 Å². The Labute approximate surface area is 174 Å². The number of hydrogen-bond donors (Lipinski definition) is 0. The van der Waals surface area contributed by atoms with Gasteiger partial charge in [-0.05, 0) is 35.2 Å². The molecule has 0 fully saturated rings. The van der Waals surface area contributed by atoms with Gasteiger partial charge in [0.25, 0.3) is 0 Å². The van der Waals surface area contributed by atoms with E-state index in [0.717, 1.165) is 23.8 Å². The molecule has 0 saturated carbocycles. The molecule has 0 bridgehead atoms. The second-order valence-electron chi connectivity index (χ2n) is 6.45. The first kappa shape index (κ1) is 22.7. The predicted octanol–water partition coefficient (Wildman–Crippen LogP) is 2.43. The maximum absolute atomic E-state index is 11.4. The van der Waals surface area contributed by atoms with Gasteiger partial charge in [-0.1, -0.05) is 82.2 Å². The molecule has 25 heavy (non-hydrogen) atoms. The topological polar surface area (TPSA) is 57.2 Å². The van der Waals surface area contributed by atoms with Gasteiger partial charge in [0.05, 0.1) is 4.90 Å². The zero-order chi connectivity index (χ0) is 17.4. The van der Waals surface area contributed by atoms with Crippen LogP contribution in [0.25, 0.3) is 10.8 Å². The van der Waals surface area contributed by atoms with Crippen molar-refractivity contribution in [1.29, 1.82) is 0 Å². The number of benzene rings is 2. The van der Waals surface area contributed by atoms with Crippen molar-refractivity contribution in [3.63, 3.8) is 0 Å². The molecule has 0 atom stereocenters. The molecule has 0 aliphatic heterocycles. The molecule has 0 N–H and O–H groups in total. The second kappa shape index (κ2) is 11.3. The van der Waals surface area contributed by atoms with Crippen LogP contribution in [0.5, 0.6) is 0 Å². The summed E-state index contributed by atoms with van der Waals surface area (Å²) in [7, 11) is -4.44. The van der Waals surface area contributed by atoms with Gasteiger partial charge < -0.3 is 4.55 Å². The SMILES string of the molecule is CCCCCCCCCCc1cccc2c(S(=O)(=O)[O-])cccc12.[Na+]. The third-order valence-corrected chi connectivity index (χ3v) is 5.44. The van der Waals surface area contributed by atoms with Crippen LogP contribution in [-0.4, -0.2) is 13.0 Å². The average Bonchev–Trinajstić information content (AvgIpc) is 2.56. The summed E-state index contributed by atoms with van der Waals surface area (Å²) in [5.74, 6) is 0. The van der Waals surface area contributed by atoms with Crippen molar-refractivity contribution in [2.24, 2.45) is 0 Å². The zero-order valence-corrected chi connectivity index (χ0v) is 18.3. The van der Waals surface area contributed by atoms with E-state index in [1.54, 1.807) is 12.1 Å². The predicted molar refractivity (Wildman–Crippen MR) is 98.2 cm³/mol. The monoisotopic (exact) mass is 370 g/mol. The fourth-order valence-corrected chi connectivity index (χ4v) is 3.92. The van der Waals surface area contributed by atoms with E-state index >= 15 is 0 Å². The fourth-order valence-electron chi connectivity index (χ4n) is 3.23. The van der Waals surface area contributed by atoms with E-state index in [-0.39, 0.29) is 34.5 Å². The van der Waals surface area contributed by atoms with Crippen LogP contribution in [0, 0.1) is 0 Å². The summed E-state index contributed by atoms with van der Waals surface area (Å²) in [4.78, 5) is -0.113. The molecule has 5 heteroatoms. The Morgan fingerprint density at radius 2 is 1.36 bits per heavy atom. The molecule has 0 amide bonds. The van der Waals surface area contributed by atoms with E-state index in [4.69, 9.17) is 0 Å². The zero-order valence-electron chi connectivity index (χ0n) is 15.5. The number of fused-ring (bicyclic) bond motifs is 1. The Balaban J connectivity index is 0.00000312. The summed E-state index contributed by atoms with van der Waals surface area (Å²) in [6.07, 6.45) is 11.1. The number of unbranched alkanes of at least 4 members (excludes halogenated alkanes) is 7. The van der Waals surface area contributed by atoms with Gasteiger partial charge in [0.2, 0.25) is 0 Å². The average molecular weight is 370 g/mol. The first-order chi connectivity index (χ1) is 11.5. The molecular formula is C20H27NaO3S. The Morgan fingerprint density at radius 3 is 2.00 bits per heavy atom. The van der Waals surface area contributed by atoms with Crippen LogP contribution in [0.4, 0.5) is 0 Å². The van der Waals surface area contributed by atoms with E-state index in [9.17, 15) is 13.0 Å². The van der Waals surface area contributed by atoms with Crippen LogP contribution >= 0.6 is 0 Å². The summed E-state index contributed by atoms with van der Waals surface area (Å²) >= 11 is 0. The summed E-state index contributed by atoms with van der Waals surface area (Å²) in [5.41, 5.74) is 1.13. The van der Waals surface area contributed by atoms with Crippen molar-refractivity contribution >= 4 is 20.9 Å². The largest absolute Gasteiger partial charge is 1.00 e. The Morgan fingerprint density at radius 1 is 0.800 bits per heavy atom. The number of aryl methyl sites for hydroxylation is 1. The minimum atomic E-state index is -4.44. The van der Waals surface area contributed by atoms with E-state index in [1.807, 2.05) is 18.2 Å². The molecule has 2 rings (SSSR count). The van der Waals surface area contributed by atoms with Gasteiger partial charge in [-0.15, -0.1) is 0 Å². The van der Waals surface area contributed by atoms with Gasteiger partial charge in [0.1, 0.15) is 10.1 Å². The smallest absolute Gasteiger partial charge is 0.744 e. The Kier molecular flexibility index (Phi) is 10.3. The molecule has 0 aliphatic carbocycles. The van der Waals surface area contributed by atoms with Crippen molar-refractivity contribution in [2.75, 3.05) is 0 Å². The molecule has 0 saturated heterocycles. The van der Waals surface area contributed by atoms with E-state index in [2.05, 4.69) is 6.92 Å². The van der Waals surface area contributed by atoms with Crippen LogP contribution in [0.2, 0.25) is 0 Å². The van der Waals surface area contributed by atoms with Gasteiger partial charge in [0, 0.05) is 0 Å². The van der Waals surface area contributed by atoms with Crippen molar-refractivity contribution in [3.8, 4) is 0 Å². The molecule has 0 radical (unpaired) electrons. The molecule has 2 aromatic rings. The second-order valence-corrected chi connectivity index (χ2v) is 7.80. The molecule has 0 unspecified atom stereocenters. The number of rotatable bonds is 10. The first-order valence-corrected chi connectivity index (χ1v) is 10.4. The van der Waals surface area contributed by atoms with Gasteiger partial charge in [-0.2, -0.15) is 0 Å². The van der Waals surface area contributed by atoms with Crippen LogP contribution in [-0.2, 0) is 16.5 Å². The third-order valence-electron chi connectivity index (χ3n) is 4.54. The Bertz CT molecular complexity index is 757. The molecular weight excluding hydrogens is 343 g/mol. The van der Waals surface area contributed by atoms with E-state index in [1.165, 1.54) is 51.0 Å². The molecule has 0 spiro atoms. The van der Waals surface area contributed by atoms with E-state index < -0.39 is 10.1 Å². The van der Waals surface area contributed by atoms with Gasteiger partial charge in [-0.25, -0.2) is 8.42 Å². The fraction of sp³-hybridized carbons (Fsp3) is 0.500. The molecule has 3 nitrogen and oxygen atoms in total. The molecule has 0 aromatic heterocycles. The van der Waals surface area contributed by atoms with Gasteiger partial charge >= 0.3 is 29.6 Å². The van der Waals surface area contributed by atoms with Crippen LogP contribution in [0.15, 0.2) is 41.3 Å². The minimum absolute atomic E-state index is 0. The number of hydrogen-bond acceptors (Lipinski definition) is 3. The maximum atomic E-state index is 11.4. The van der Waals surface area contributed by atoms with Crippen LogP contribution < -0.4 is 29.6 Å². The van der Waals surface area contributed by atoms with Gasteiger partial charge in [0.15, 0.2) is 0 Å². The molecule has 0 aliphatic rings. The van der Waals surface area contributed by atoms with E-state index in [0.29, 0.717) is 5.39 Å². The minimum Gasteiger partial charge on any atom is -0.744 e. The summed E-state index contributed by atoms with van der Waals surface area (Å²) in [6.45, 7) is 2.23. The summed E-state index contributed by atoms with van der Waals surface area (Å²) < 4.78 is 34.2. The molecule has 2 aromatic carbocycles. The van der Waals surface area contributed by atoms with Crippen LogP contribution in [0.1, 0.15) is 63.9 Å². The molecule has 132 valence electrons. The van der Waals surface area contributed by atoms with Crippen molar-refractivity contribution in [1.82, 2.24) is 0 Å². The normalized spacial score (nSPS) is 11.4. The van der Waals surface area contributed by atoms with Crippen molar-refractivity contribution < 1.29 is 42.5 Å². The molecule has 0 heterocycles. The van der Waals surface area contributed by atoms with Gasteiger partial charge in [-0.3, -0.25) is 0 Å². The third kappa shape index (κ3) is 7.03. The summed E-state index contributed by atoms with van der Waals surface area (Å²) in [6, 6.07) is 10.6. The Hall–Kier alpha value is -0.390. The quantitative estimate of drug-likeness (QED) is 0.367. The first-order valence-electron chi connectivity index (χ1n) is 9.00.